The Labute approximate surface area is 171 Å². The largest absolute Gasteiger partial charge is 0.337 e. The minimum atomic E-state index is 0.0296. The third-order valence-corrected chi connectivity index (χ3v) is 6.24. The minimum Gasteiger partial charge on any atom is -0.337 e. The highest BCUT2D eigenvalue weighted by Crippen LogP contribution is 2.28. The molecule has 1 aliphatic heterocycles. The first-order valence-corrected chi connectivity index (χ1v) is 10.6. The number of halogens is 1. The molecule has 0 aliphatic carbocycles. The minimum absolute atomic E-state index is 0.0296. The van der Waals surface area contributed by atoms with E-state index in [4.69, 9.17) is 11.6 Å². The Balaban J connectivity index is 1.60. The molecule has 144 valence electrons. The number of hydrogen-bond donors (Lipinski definition) is 0. The smallest absolute Gasteiger partial charge is 0.255 e. The molecule has 0 aromatic heterocycles. The van der Waals surface area contributed by atoms with Gasteiger partial charge in [0.15, 0.2) is 0 Å². The van der Waals surface area contributed by atoms with E-state index in [-0.39, 0.29) is 11.3 Å². The van der Waals surface area contributed by atoms with E-state index < -0.39 is 0 Å². The second-order valence-corrected chi connectivity index (χ2v) is 9.50. The first kappa shape index (κ1) is 20.2. The van der Waals surface area contributed by atoms with Gasteiger partial charge in [-0.2, -0.15) is 0 Å². The van der Waals surface area contributed by atoms with Gasteiger partial charge in [0.1, 0.15) is 0 Å². The number of hydrogen-bond acceptors (Lipinski definition) is 3. The van der Waals surface area contributed by atoms with Crippen molar-refractivity contribution in [2.24, 2.45) is 0 Å². The van der Waals surface area contributed by atoms with Crippen LogP contribution in [0.15, 0.2) is 53.4 Å². The Morgan fingerprint density at radius 3 is 2.33 bits per heavy atom. The quantitative estimate of drug-likeness (QED) is 0.634. The van der Waals surface area contributed by atoms with Crippen LogP contribution in [0, 0.1) is 0 Å². The predicted octanol–water partition coefficient (Wildman–Crippen LogP) is 5.49. The van der Waals surface area contributed by atoms with Crippen LogP contribution in [-0.2, 0) is 5.41 Å². The lowest BCUT2D eigenvalue weighted by molar-refractivity contribution is 0.0765. The van der Waals surface area contributed by atoms with Gasteiger partial charge in [-0.3, -0.25) is 4.79 Å². The fourth-order valence-electron chi connectivity index (χ4n) is 3.16. The van der Waals surface area contributed by atoms with Crippen molar-refractivity contribution in [1.29, 1.82) is 0 Å². The van der Waals surface area contributed by atoms with Gasteiger partial charge in [-0.05, 0) is 53.6 Å². The summed E-state index contributed by atoms with van der Waals surface area (Å²) in [5.41, 5.74) is 2.11. The molecule has 0 radical (unpaired) electrons. The highest BCUT2D eigenvalue weighted by Gasteiger charge is 2.22. The first-order valence-electron chi connectivity index (χ1n) is 9.42. The van der Waals surface area contributed by atoms with Crippen LogP contribution in [0.3, 0.4) is 0 Å². The van der Waals surface area contributed by atoms with Gasteiger partial charge in [-0.15, -0.1) is 0 Å². The van der Waals surface area contributed by atoms with Crippen molar-refractivity contribution >= 4 is 29.5 Å². The van der Waals surface area contributed by atoms with E-state index in [9.17, 15) is 4.79 Å². The Hall–Kier alpha value is -1.49. The molecule has 0 N–H and O–H groups in total. The van der Waals surface area contributed by atoms with Crippen LogP contribution in [0.5, 0.6) is 0 Å². The van der Waals surface area contributed by atoms with Crippen LogP contribution >= 0.6 is 23.5 Å². The van der Waals surface area contributed by atoms with E-state index in [0.29, 0.717) is 10.6 Å². The Morgan fingerprint density at radius 2 is 1.67 bits per heavy atom. The molecule has 0 saturated carbocycles. The fraction of sp³-hybridized carbons (Fsp3) is 0.409. The monoisotopic (exact) mass is 402 g/mol. The van der Waals surface area contributed by atoms with Crippen molar-refractivity contribution in [2.45, 2.75) is 37.5 Å². The number of nitrogens with zero attached hydrogens (tertiary/aromatic N) is 2. The third-order valence-electron chi connectivity index (χ3n) is 4.80. The van der Waals surface area contributed by atoms with Crippen LogP contribution in [0.2, 0.25) is 5.02 Å². The fourth-order valence-corrected chi connectivity index (χ4v) is 4.32. The van der Waals surface area contributed by atoms with E-state index in [2.05, 4.69) is 49.3 Å². The zero-order valence-corrected chi connectivity index (χ0v) is 17.8. The van der Waals surface area contributed by atoms with Crippen molar-refractivity contribution in [2.75, 3.05) is 26.2 Å². The molecule has 5 heteroatoms. The van der Waals surface area contributed by atoms with Gasteiger partial charge in [-0.1, -0.05) is 56.6 Å². The summed E-state index contributed by atoms with van der Waals surface area (Å²) in [5.74, 6) is 0.0296. The maximum absolute atomic E-state index is 12.8. The highest BCUT2D eigenvalue weighted by atomic mass is 35.5. The van der Waals surface area contributed by atoms with Crippen LogP contribution in [0.25, 0.3) is 0 Å². The number of benzene rings is 2. The average molecular weight is 403 g/mol. The molecule has 1 aliphatic rings. The zero-order valence-electron chi connectivity index (χ0n) is 16.2. The summed E-state index contributed by atoms with van der Waals surface area (Å²) in [4.78, 5) is 16.0. The molecule has 1 fully saturated rings. The van der Waals surface area contributed by atoms with E-state index >= 15 is 0 Å². The Bertz CT molecular complexity index is 786. The highest BCUT2D eigenvalue weighted by molar-refractivity contribution is 7.97. The van der Waals surface area contributed by atoms with Gasteiger partial charge in [0, 0.05) is 31.1 Å². The summed E-state index contributed by atoms with van der Waals surface area (Å²) in [7, 11) is 0. The number of carbonyl (C=O) groups is 1. The van der Waals surface area contributed by atoms with E-state index in [1.165, 1.54) is 10.5 Å². The normalized spacial score (nSPS) is 16.2. The molecule has 2 aromatic rings. The van der Waals surface area contributed by atoms with E-state index in [1.807, 2.05) is 17.0 Å². The van der Waals surface area contributed by atoms with Gasteiger partial charge >= 0.3 is 0 Å². The van der Waals surface area contributed by atoms with Crippen molar-refractivity contribution < 1.29 is 4.79 Å². The second kappa shape index (κ2) is 8.68. The van der Waals surface area contributed by atoms with Crippen molar-refractivity contribution in [3.63, 3.8) is 0 Å². The first-order chi connectivity index (χ1) is 12.8. The van der Waals surface area contributed by atoms with Gasteiger partial charge in [0.2, 0.25) is 0 Å². The van der Waals surface area contributed by atoms with Crippen LogP contribution in [0.1, 0.15) is 43.1 Å². The van der Waals surface area contributed by atoms with Gasteiger partial charge in [0.05, 0.1) is 10.6 Å². The molecule has 1 saturated heterocycles. The number of rotatable bonds is 3. The molecule has 2 aromatic carbocycles. The lowest BCUT2D eigenvalue weighted by Crippen LogP contribution is -2.34. The topological polar surface area (TPSA) is 23.6 Å². The molecule has 3 nitrogen and oxygen atoms in total. The van der Waals surface area contributed by atoms with E-state index in [0.717, 1.165) is 32.6 Å². The van der Waals surface area contributed by atoms with Gasteiger partial charge < -0.3 is 4.90 Å². The van der Waals surface area contributed by atoms with Crippen molar-refractivity contribution in [1.82, 2.24) is 9.21 Å². The Kier molecular flexibility index (Phi) is 6.51. The molecule has 3 rings (SSSR count). The van der Waals surface area contributed by atoms with Gasteiger partial charge in [0.25, 0.3) is 5.91 Å². The molecule has 1 heterocycles. The molecule has 0 spiro atoms. The molecule has 27 heavy (non-hydrogen) atoms. The average Bonchev–Trinajstić information content (AvgIpc) is 2.87. The summed E-state index contributed by atoms with van der Waals surface area (Å²) >= 11 is 7.98. The molecule has 0 atom stereocenters. The summed E-state index contributed by atoms with van der Waals surface area (Å²) in [6, 6.07) is 16.1. The summed E-state index contributed by atoms with van der Waals surface area (Å²) in [5, 5.41) is 0.525. The second-order valence-electron chi connectivity index (χ2n) is 7.92. The lowest BCUT2D eigenvalue weighted by Gasteiger charge is -2.22. The molecule has 0 bridgehead atoms. The zero-order chi connectivity index (χ0) is 19.4. The van der Waals surface area contributed by atoms with Gasteiger partial charge in [-0.25, -0.2) is 4.31 Å². The number of carbonyl (C=O) groups excluding carboxylic acids is 1. The van der Waals surface area contributed by atoms with E-state index in [1.54, 1.807) is 24.1 Å². The van der Waals surface area contributed by atoms with Crippen LogP contribution < -0.4 is 0 Å². The van der Waals surface area contributed by atoms with Crippen LogP contribution in [-0.4, -0.2) is 41.3 Å². The molecular formula is C22H27ClN2OS. The maximum Gasteiger partial charge on any atom is 0.255 e. The predicted molar refractivity (Wildman–Crippen MR) is 115 cm³/mol. The molecule has 0 unspecified atom stereocenters. The number of amides is 1. The summed E-state index contributed by atoms with van der Waals surface area (Å²) in [6.07, 6.45) is 0.962. The summed E-state index contributed by atoms with van der Waals surface area (Å²) in [6.45, 7) is 10.00. The van der Waals surface area contributed by atoms with Crippen LogP contribution in [0.4, 0.5) is 0 Å². The molecular weight excluding hydrogens is 376 g/mol. The lowest BCUT2D eigenvalue weighted by atomic mass is 9.87. The van der Waals surface area contributed by atoms with Crippen molar-refractivity contribution in [3.8, 4) is 0 Å². The van der Waals surface area contributed by atoms with Crippen molar-refractivity contribution in [3.05, 3.63) is 64.7 Å². The summed E-state index contributed by atoms with van der Waals surface area (Å²) < 4.78 is 2.35. The molecule has 1 amide bonds. The third kappa shape index (κ3) is 5.28. The standard InChI is InChI=1S/C22H27ClN2OS/c1-22(2,3)17-9-11-18(12-10-17)27-25-14-6-13-24(15-16-25)21(26)19-7-4-5-8-20(19)23/h4-5,7-12H,6,13-16H2,1-3H3. The maximum atomic E-state index is 12.8. The Morgan fingerprint density at radius 1 is 0.963 bits per heavy atom. The SMILES string of the molecule is CC(C)(C)c1ccc(SN2CCCN(C(=O)c3ccccc3Cl)CC2)cc1.